The number of hydrogen-bond donors (Lipinski definition) is 2. The summed E-state index contributed by atoms with van der Waals surface area (Å²) in [5.74, 6) is 1.14. The molecule has 7 nitrogen and oxygen atoms in total. The fourth-order valence-electron chi connectivity index (χ4n) is 3.18. The molecule has 2 aromatic heterocycles. The quantitative estimate of drug-likeness (QED) is 0.668. The minimum Gasteiger partial charge on any atom is -0.403 e. The van der Waals surface area contributed by atoms with Crippen LogP contribution in [0.3, 0.4) is 0 Å². The molecule has 0 saturated carbocycles. The molecule has 2 N–H and O–H groups in total. The van der Waals surface area contributed by atoms with Crippen LogP contribution in [0.1, 0.15) is 44.5 Å². The van der Waals surface area contributed by atoms with Gasteiger partial charge >= 0.3 is 6.01 Å². The first-order valence-corrected chi connectivity index (χ1v) is 9.53. The van der Waals surface area contributed by atoms with Crippen LogP contribution in [0.2, 0.25) is 0 Å². The van der Waals surface area contributed by atoms with E-state index in [0.717, 1.165) is 28.8 Å². The van der Waals surface area contributed by atoms with Gasteiger partial charge in [0.2, 0.25) is 11.8 Å². The average molecular weight is 376 g/mol. The van der Waals surface area contributed by atoms with Gasteiger partial charge < -0.3 is 15.1 Å². The van der Waals surface area contributed by atoms with Gasteiger partial charge in [-0.15, -0.1) is 5.10 Å². The third kappa shape index (κ3) is 3.74. The summed E-state index contributed by atoms with van der Waals surface area (Å²) in [6.45, 7) is 8.19. The van der Waals surface area contributed by atoms with Crippen molar-refractivity contribution in [3.05, 3.63) is 53.4 Å². The Kier molecular flexibility index (Phi) is 4.81. The maximum absolute atomic E-state index is 5.76. The van der Waals surface area contributed by atoms with Crippen LogP contribution < -0.4 is 10.6 Å². The van der Waals surface area contributed by atoms with Gasteiger partial charge in [-0.25, -0.2) is 9.97 Å². The fourth-order valence-corrected chi connectivity index (χ4v) is 3.18. The molecule has 0 unspecified atom stereocenters. The zero-order valence-electron chi connectivity index (χ0n) is 16.5. The number of nitrogens with one attached hydrogen (secondary N) is 2. The largest absolute Gasteiger partial charge is 0.403 e. The molecule has 3 aromatic rings. The van der Waals surface area contributed by atoms with E-state index in [2.05, 4.69) is 62.9 Å². The molecule has 0 spiro atoms. The van der Waals surface area contributed by atoms with Gasteiger partial charge in [0.1, 0.15) is 0 Å². The molecule has 0 fully saturated rings. The third-order valence-corrected chi connectivity index (χ3v) is 4.36. The molecule has 7 heteroatoms. The highest BCUT2D eigenvalue weighted by Gasteiger charge is 2.20. The Morgan fingerprint density at radius 1 is 1.00 bits per heavy atom. The van der Waals surface area contributed by atoms with Crippen molar-refractivity contribution in [2.24, 2.45) is 0 Å². The zero-order chi connectivity index (χ0) is 19.7. The van der Waals surface area contributed by atoms with Crippen molar-refractivity contribution in [3.63, 3.8) is 0 Å². The minimum absolute atomic E-state index is 0.231. The molecular weight excluding hydrogens is 352 g/mol. The van der Waals surface area contributed by atoms with E-state index in [-0.39, 0.29) is 12.1 Å². The van der Waals surface area contributed by atoms with Crippen LogP contribution in [0.25, 0.3) is 17.0 Å². The molecule has 2 heterocycles. The number of hydrogen-bond acceptors (Lipinski definition) is 7. The molecule has 28 heavy (non-hydrogen) atoms. The van der Waals surface area contributed by atoms with E-state index in [9.17, 15) is 0 Å². The van der Waals surface area contributed by atoms with Gasteiger partial charge in [0, 0.05) is 29.4 Å². The number of aromatic nitrogens is 4. The first-order chi connectivity index (χ1) is 13.5. The molecule has 0 bridgehead atoms. The standard InChI is InChI=1S/C21H24N6O/c1-12(2)23-20-22-10-9-18(25-20)16-8-7-14-5-6-15(11-17(14)16)19-26-27-21(28-19)24-13(3)4/h5-6,8-13H,7H2,1-4H3,(H,24,27)(H,22,23,25). The number of allylic oxidation sites excluding steroid dienone is 1. The summed E-state index contributed by atoms with van der Waals surface area (Å²) in [5.41, 5.74) is 5.30. The van der Waals surface area contributed by atoms with Crippen LogP contribution in [0.4, 0.5) is 12.0 Å². The maximum atomic E-state index is 5.76. The van der Waals surface area contributed by atoms with Crippen LogP contribution in [0.5, 0.6) is 0 Å². The fraction of sp³-hybridized carbons (Fsp3) is 0.333. The Labute approximate surface area is 164 Å². The minimum atomic E-state index is 0.231. The van der Waals surface area contributed by atoms with Crippen molar-refractivity contribution in [3.8, 4) is 11.5 Å². The highest BCUT2D eigenvalue weighted by molar-refractivity contribution is 5.85. The lowest BCUT2D eigenvalue weighted by Gasteiger charge is -2.11. The van der Waals surface area contributed by atoms with E-state index in [4.69, 9.17) is 4.42 Å². The molecule has 1 aliphatic carbocycles. The van der Waals surface area contributed by atoms with Crippen molar-refractivity contribution in [1.29, 1.82) is 0 Å². The Hall–Kier alpha value is -3.22. The summed E-state index contributed by atoms with van der Waals surface area (Å²) < 4.78 is 5.76. The lowest BCUT2D eigenvalue weighted by atomic mass is 10.0. The molecule has 144 valence electrons. The topological polar surface area (TPSA) is 88.8 Å². The van der Waals surface area contributed by atoms with Crippen LogP contribution in [-0.2, 0) is 6.42 Å². The number of nitrogens with zero attached hydrogens (tertiary/aromatic N) is 4. The Morgan fingerprint density at radius 3 is 2.61 bits per heavy atom. The molecule has 0 atom stereocenters. The van der Waals surface area contributed by atoms with Gasteiger partial charge in [-0.1, -0.05) is 17.2 Å². The van der Waals surface area contributed by atoms with Gasteiger partial charge in [-0.05, 0) is 63.4 Å². The SMILES string of the molecule is CC(C)Nc1nccc(C2=CCc3ccc(-c4nnc(NC(C)C)o4)cc32)n1. The molecule has 0 saturated heterocycles. The van der Waals surface area contributed by atoms with Gasteiger partial charge in [-0.3, -0.25) is 0 Å². The van der Waals surface area contributed by atoms with Gasteiger partial charge in [-0.2, -0.15) is 0 Å². The number of rotatable bonds is 6. The van der Waals surface area contributed by atoms with Crippen LogP contribution in [0.15, 0.2) is 41.0 Å². The predicted octanol–water partition coefficient (Wildman–Crippen LogP) is 4.16. The summed E-state index contributed by atoms with van der Waals surface area (Å²) in [6, 6.07) is 9.11. The van der Waals surface area contributed by atoms with E-state index in [1.165, 1.54) is 5.56 Å². The monoisotopic (exact) mass is 376 g/mol. The van der Waals surface area contributed by atoms with E-state index < -0.39 is 0 Å². The van der Waals surface area contributed by atoms with Crippen LogP contribution >= 0.6 is 0 Å². The Morgan fingerprint density at radius 2 is 1.82 bits per heavy atom. The van der Waals surface area contributed by atoms with Crippen molar-refractivity contribution < 1.29 is 4.42 Å². The lowest BCUT2D eigenvalue weighted by Crippen LogP contribution is -2.12. The summed E-state index contributed by atoms with van der Waals surface area (Å²) in [5, 5.41) is 14.6. The van der Waals surface area contributed by atoms with E-state index in [0.29, 0.717) is 17.9 Å². The highest BCUT2D eigenvalue weighted by Crippen LogP contribution is 2.35. The average Bonchev–Trinajstić information content (AvgIpc) is 3.27. The van der Waals surface area contributed by atoms with Crippen LogP contribution in [-0.4, -0.2) is 32.2 Å². The molecule has 0 aliphatic heterocycles. The Bertz CT molecular complexity index is 1020. The smallest absolute Gasteiger partial charge is 0.315 e. The van der Waals surface area contributed by atoms with E-state index >= 15 is 0 Å². The molecular formula is C21H24N6O. The maximum Gasteiger partial charge on any atom is 0.315 e. The van der Waals surface area contributed by atoms with Crippen molar-refractivity contribution >= 4 is 17.5 Å². The van der Waals surface area contributed by atoms with Gasteiger partial charge in [0.15, 0.2) is 0 Å². The van der Waals surface area contributed by atoms with Gasteiger partial charge in [0.05, 0.1) is 5.69 Å². The number of benzene rings is 1. The van der Waals surface area contributed by atoms with Gasteiger partial charge in [0.25, 0.3) is 0 Å². The summed E-state index contributed by atoms with van der Waals surface area (Å²) in [7, 11) is 0. The van der Waals surface area contributed by atoms with Crippen molar-refractivity contribution in [2.75, 3.05) is 10.6 Å². The second kappa shape index (κ2) is 7.42. The van der Waals surface area contributed by atoms with Crippen LogP contribution in [0, 0.1) is 0 Å². The summed E-state index contributed by atoms with van der Waals surface area (Å²) >= 11 is 0. The number of anilines is 2. The molecule has 1 aromatic carbocycles. The summed E-state index contributed by atoms with van der Waals surface area (Å²) in [4.78, 5) is 8.99. The predicted molar refractivity (Wildman–Crippen MR) is 110 cm³/mol. The van der Waals surface area contributed by atoms with E-state index in [1.54, 1.807) is 6.20 Å². The second-order valence-electron chi connectivity index (χ2n) is 7.47. The molecule has 0 amide bonds. The molecule has 1 aliphatic rings. The Balaban J connectivity index is 1.65. The number of fused-ring (bicyclic) bond motifs is 1. The molecule has 0 radical (unpaired) electrons. The second-order valence-corrected chi connectivity index (χ2v) is 7.47. The van der Waals surface area contributed by atoms with Crippen molar-refractivity contribution in [1.82, 2.24) is 20.2 Å². The first kappa shape index (κ1) is 18.2. The normalized spacial score (nSPS) is 13.0. The highest BCUT2D eigenvalue weighted by atomic mass is 16.4. The summed E-state index contributed by atoms with van der Waals surface area (Å²) in [6.07, 6.45) is 4.87. The van der Waals surface area contributed by atoms with Crippen molar-refractivity contribution in [2.45, 2.75) is 46.2 Å². The first-order valence-electron chi connectivity index (χ1n) is 9.53. The third-order valence-electron chi connectivity index (χ3n) is 4.36. The molecule has 4 rings (SSSR count). The zero-order valence-corrected chi connectivity index (χ0v) is 16.5. The lowest BCUT2D eigenvalue weighted by molar-refractivity contribution is 0.574. The van der Waals surface area contributed by atoms with E-state index in [1.807, 2.05) is 26.0 Å².